The summed E-state index contributed by atoms with van der Waals surface area (Å²) in [7, 11) is -2.54. The Morgan fingerprint density at radius 2 is 1.61 bits per heavy atom. The minimum Gasteiger partial charge on any atom is -0.497 e. The standard InChI is InChI=1S/C22H19NO4S/c1-15-8-11-18(12-9-15)28(25,26)23-21(16-6-4-3-5-7-16)19-13-10-17(27-2)14-20(19)22(23)24/h3-14,21H,1-2H3/t21-/m0/s1. The smallest absolute Gasteiger partial charge is 0.269 e. The highest BCUT2D eigenvalue weighted by Crippen LogP contribution is 2.43. The van der Waals surface area contributed by atoms with Crippen LogP contribution in [-0.4, -0.2) is 25.7 Å². The van der Waals surface area contributed by atoms with Gasteiger partial charge in [-0.25, -0.2) is 12.7 Å². The maximum atomic E-state index is 13.4. The van der Waals surface area contributed by atoms with Crippen LogP contribution in [0.1, 0.15) is 33.1 Å². The first-order valence-corrected chi connectivity index (χ1v) is 10.3. The molecule has 0 spiro atoms. The van der Waals surface area contributed by atoms with E-state index in [1.54, 1.807) is 30.3 Å². The van der Waals surface area contributed by atoms with Gasteiger partial charge in [0.25, 0.3) is 15.9 Å². The van der Waals surface area contributed by atoms with E-state index >= 15 is 0 Å². The van der Waals surface area contributed by atoms with Crippen LogP contribution in [0.25, 0.3) is 0 Å². The molecule has 5 nitrogen and oxygen atoms in total. The maximum Gasteiger partial charge on any atom is 0.269 e. The average Bonchev–Trinajstić information content (AvgIpc) is 3.01. The zero-order valence-electron chi connectivity index (χ0n) is 15.5. The molecule has 4 rings (SSSR count). The van der Waals surface area contributed by atoms with Crippen LogP contribution in [-0.2, 0) is 10.0 Å². The predicted octanol–water partition coefficient (Wildman–Crippen LogP) is 3.94. The third-order valence-electron chi connectivity index (χ3n) is 4.91. The minimum atomic E-state index is -4.05. The first-order chi connectivity index (χ1) is 13.4. The molecule has 1 atom stereocenters. The molecular weight excluding hydrogens is 374 g/mol. The fraction of sp³-hybridized carbons (Fsp3) is 0.136. The van der Waals surface area contributed by atoms with Gasteiger partial charge in [-0.1, -0.05) is 54.1 Å². The Balaban J connectivity index is 1.92. The van der Waals surface area contributed by atoms with Gasteiger partial charge in [-0.05, 0) is 42.3 Å². The van der Waals surface area contributed by atoms with Gasteiger partial charge in [-0.15, -0.1) is 0 Å². The molecule has 1 heterocycles. The van der Waals surface area contributed by atoms with Crippen LogP contribution < -0.4 is 4.74 Å². The number of hydrogen-bond acceptors (Lipinski definition) is 4. The van der Waals surface area contributed by atoms with Gasteiger partial charge in [-0.3, -0.25) is 4.79 Å². The minimum absolute atomic E-state index is 0.0900. The van der Waals surface area contributed by atoms with Crippen LogP contribution >= 0.6 is 0 Å². The Labute approximate surface area is 164 Å². The number of sulfonamides is 1. The first-order valence-electron chi connectivity index (χ1n) is 8.82. The van der Waals surface area contributed by atoms with E-state index in [0.29, 0.717) is 16.9 Å². The summed E-state index contributed by atoms with van der Waals surface area (Å²) < 4.78 is 33.1. The summed E-state index contributed by atoms with van der Waals surface area (Å²) in [5.74, 6) is -0.0446. The zero-order valence-corrected chi connectivity index (χ0v) is 16.3. The van der Waals surface area contributed by atoms with Gasteiger partial charge in [0.15, 0.2) is 0 Å². The van der Waals surface area contributed by atoms with E-state index in [0.717, 1.165) is 15.4 Å². The van der Waals surface area contributed by atoms with Crippen molar-refractivity contribution in [3.63, 3.8) is 0 Å². The van der Waals surface area contributed by atoms with Gasteiger partial charge in [0, 0.05) is 5.56 Å². The lowest BCUT2D eigenvalue weighted by atomic mass is 9.98. The number of ether oxygens (including phenoxy) is 1. The SMILES string of the molecule is COc1ccc2c(c1)C(=O)N(S(=O)(=O)c1ccc(C)cc1)[C@H]2c1ccccc1. The zero-order chi connectivity index (χ0) is 19.9. The Kier molecular flexibility index (Phi) is 4.43. The van der Waals surface area contributed by atoms with Gasteiger partial charge >= 0.3 is 0 Å². The molecule has 0 N–H and O–H groups in total. The second-order valence-corrected chi connectivity index (χ2v) is 8.50. The highest BCUT2D eigenvalue weighted by Gasteiger charge is 2.45. The normalized spacial score (nSPS) is 16.1. The summed E-state index contributed by atoms with van der Waals surface area (Å²) in [6.07, 6.45) is 0. The molecule has 6 heteroatoms. The van der Waals surface area contributed by atoms with Gasteiger partial charge in [0.1, 0.15) is 5.75 Å². The van der Waals surface area contributed by atoms with Crippen molar-refractivity contribution < 1.29 is 17.9 Å². The number of fused-ring (bicyclic) bond motifs is 1. The molecule has 1 aliphatic rings. The summed E-state index contributed by atoms with van der Waals surface area (Å²) in [4.78, 5) is 13.3. The highest BCUT2D eigenvalue weighted by atomic mass is 32.2. The Bertz CT molecular complexity index is 1140. The maximum absolute atomic E-state index is 13.4. The number of hydrogen-bond donors (Lipinski definition) is 0. The second-order valence-electron chi connectivity index (χ2n) is 6.69. The Morgan fingerprint density at radius 1 is 0.929 bits per heavy atom. The number of aryl methyl sites for hydroxylation is 1. The fourth-order valence-corrected chi connectivity index (χ4v) is 5.01. The average molecular weight is 393 g/mol. The fourth-order valence-electron chi connectivity index (χ4n) is 3.47. The third-order valence-corrected chi connectivity index (χ3v) is 6.68. The molecule has 0 saturated heterocycles. The number of amides is 1. The van der Waals surface area contributed by atoms with Gasteiger partial charge in [0.2, 0.25) is 0 Å². The van der Waals surface area contributed by atoms with E-state index in [1.807, 2.05) is 37.3 Å². The Morgan fingerprint density at radius 3 is 2.25 bits per heavy atom. The van der Waals surface area contributed by atoms with Crippen LogP contribution in [0, 0.1) is 6.92 Å². The van der Waals surface area contributed by atoms with E-state index in [1.165, 1.54) is 19.2 Å². The van der Waals surface area contributed by atoms with Gasteiger partial charge in [-0.2, -0.15) is 0 Å². The molecule has 0 unspecified atom stereocenters. The van der Waals surface area contributed by atoms with E-state index in [4.69, 9.17) is 4.74 Å². The molecule has 0 bridgehead atoms. The monoisotopic (exact) mass is 393 g/mol. The predicted molar refractivity (Wildman–Crippen MR) is 106 cm³/mol. The van der Waals surface area contributed by atoms with Crippen molar-refractivity contribution in [1.29, 1.82) is 0 Å². The van der Waals surface area contributed by atoms with Crippen LogP contribution in [0.15, 0.2) is 77.7 Å². The van der Waals surface area contributed by atoms with Crippen molar-refractivity contribution in [2.45, 2.75) is 17.9 Å². The van der Waals surface area contributed by atoms with Gasteiger partial charge < -0.3 is 4.74 Å². The number of nitrogens with zero attached hydrogens (tertiary/aromatic N) is 1. The van der Waals surface area contributed by atoms with Crippen molar-refractivity contribution in [2.75, 3.05) is 7.11 Å². The molecule has 28 heavy (non-hydrogen) atoms. The molecule has 142 valence electrons. The topological polar surface area (TPSA) is 63.7 Å². The number of benzene rings is 3. The van der Waals surface area contributed by atoms with Crippen molar-refractivity contribution in [2.24, 2.45) is 0 Å². The highest BCUT2D eigenvalue weighted by molar-refractivity contribution is 7.89. The summed E-state index contributed by atoms with van der Waals surface area (Å²) in [6.45, 7) is 1.88. The quantitative estimate of drug-likeness (QED) is 0.674. The van der Waals surface area contributed by atoms with E-state index in [9.17, 15) is 13.2 Å². The first kappa shape index (κ1) is 18.3. The van der Waals surface area contributed by atoms with E-state index < -0.39 is 22.0 Å². The van der Waals surface area contributed by atoms with Crippen molar-refractivity contribution in [3.05, 3.63) is 95.1 Å². The Hall–Kier alpha value is -3.12. The molecule has 1 aliphatic heterocycles. The van der Waals surface area contributed by atoms with E-state index in [2.05, 4.69) is 0 Å². The number of methoxy groups -OCH3 is 1. The molecule has 0 fully saturated rings. The lowest BCUT2D eigenvalue weighted by molar-refractivity contribution is 0.0865. The summed E-state index contributed by atoms with van der Waals surface area (Å²) >= 11 is 0. The number of carbonyl (C=O) groups excluding carboxylic acids is 1. The molecule has 3 aromatic carbocycles. The molecular formula is C22H19NO4S. The largest absolute Gasteiger partial charge is 0.497 e. The summed E-state index contributed by atoms with van der Waals surface area (Å²) in [5.41, 5.74) is 2.66. The summed E-state index contributed by atoms with van der Waals surface area (Å²) in [6, 6.07) is 20.1. The van der Waals surface area contributed by atoms with Crippen LogP contribution in [0.3, 0.4) is 0 Å². The lowest BCUT2D eigenvalue weighted by Crippen LogP contribution is -2.35. The van der Waals surface area contributed by atoms with Crippen molar-refractivity contribution in [1.82, 2.24) is 4.31 Å². The van der Waals surface area contributed by atoms with Crippen molar-refractivity contribution >= 4 is 15.9 Å². The summed E-state index contributed by atoms with van der Waals surface area (Å²) in [5, 5.41) is 0. The third kappa shape index (κ3) is 2.86. The molecule has 0 radical (unpaired) electrons. The second kappa shape index (κ2) is 6.80. The number of rotatable bonds is 4. The number of carbonyl (C=O) groups is 1. The van der Waals surface area contributed by atoms with E-state index in [-0.39, 0.29) is 4.90 Å². The molecule has 0 saturated carbocycles. The molecule has 3 aromatic rings. The molecule has 1 amide bonds. The van der Waals surface area contributed by atoms with Crippen LogP contribution in [0.4, 0.5) is 0 Å². The molecule has 0 aliphatic carbocycles. The van der Waals surface area contributed by atoms with Crippen LogP contribution in [0.5, 0.6) is 5.75 Å². The van der Waals surface area contributed by atoms with Gasteiger partial charge in [0.05, 0.1) is 18.0 Å². The van der Waals surface area contributed by atoms with Crippen LogP contribution in [0.2, 0.25) is 0 Å². The molecule has 0 aromatic heterocycles. The van der Waals surface area contributed by atoms with Crippen molar-refractivity contribution in [3.8, 4) is 5.75 Å². The lowest BCUT2D eigenvalue weighted by Gasteiger charge is -2.25.